The van der Waals surface area contributed by atoms with Gasteiger partial charge in [-0.15, -0.1) is 0 Å². The van der Waals surface area contributed by atoms with Gasteiger partial charge in [0.25, 0.3) is 0 Å². The fraction of sp³-hybridized carbons (Fsp3) is 0.143. The second-order valence-corrected chi connectivity index (χ2v) is 2.61. The molecule has 1 aromatic rings. The first kappa shape index (κ1) is 7.23. The third-order valence-corrected chi connectivity index (χ3v) is 1.78. The molecule has 1 unspecified atom stereocenters. The lowest BCUT2D eigenvalue weighted by molar-refractivity contribution is 0.415. The van der Waals surface area contributed by atoms with Crippen molar-refractivity contribution in [2.45, 2.75) is 0 Å². The summed E-state index contributed by atoms with van der Waals surface area (Å²) in [6.45, 7) is 0. The lowest BCUT2D eigenvalue weighted by atomic mass is 10.3. The zero-order chi connectivity index (χ0) is 7.40. The second kappa shape index (κ2) is 3.33. The predicted molar refractivity (Wildman–Crippen MR) is 41.6 cm³/mol. The Labute approximate surface area is 61.0 Å². The molecule has 1 aromatic carbocycles. The van der Waals surface area contributed by atoms with Crippen molar-refractivity contribution in [2.24, 2.45) is 0 Å². The molecule has 0 N–H and O–H groups in total. The van der Waals surface area contributed by atoms with Crippen molar-refractivity contribution in [2.75, 3.05) is 7.11 Å². The summed E-state index contributed by atoms with van der Waals surface area (Å²) in [6.07, 6.45) is 0. The molecule has 0 saturated carbocycles. The van der Waals surface area contributed by atoms with E-state index in [4.69, 9.17) is 4.74 Å². The monoisotopic (exact) mass is 155 g/mol. The van der Waals surface area contributed by atoms with Crippen molar-refractivity contribution < 1.29 is 9.30 Å². The first-order chi connectivity index (χ1) is 4.86. The Morgan fingerprint density at radius 1 is 1.30 bits per heavy atom. The minimum Gasteiger partial charge on any atom is -0.497 e. The number of methoxy groups -OCH3 is 1. The highest BCUT2D eigenvalue weighted by atomic mass is 31.1. The van der Waals surface area contributed by atoms with Crippen molar-refractivity contribution >= 4 is 13.8 Å². The highest BCUT2D eigenvalue weighted by molar-refractivity contribution is 7.34. The van der Waals surface area contributed by atoms with E-state index >= 15 is 0 Å². The van der Waals surface area contributed by atoms with Gasteiger partial charge in [-0.1, -0.05) is 0 Å². The summed E-state index contributed by atoms with van der Waals surface area (Å²) in [5.41, 5.74) is 0. The van der Waals surface area contributed by atoms with E-state index < -0.39 is 0 Å². The standard InChI is InChI=1S/C7H8O2P/c1-9-6-2-4-7(10-8)5-3-6/h2-5,10H,1H3. The van der Waals surface area contributed by atoms with Gasteiger partial charge >= 0.3 is 0 Å². The number of hydrogen-bond acceptors (Lipinski definition) is 2. The third-order valence-electron chi connectivity index (χ3n) is 1.21. The summed E-state index contributed by atoms with van der Waals surface area (Å²) in [5, 5.41) is 0.820. The molecule has 0 fully saturated rings. The van der Waals surface area contributed by atoms with E-state index in [0.29, 0.717) is 0 Å². The number of hydrogen-bond donors (Lipinski definition) is 0. The normalized spacial score (nSPS) is 9.70. The topological polar surface area (TPSA) is 26.3 Å². The van der Waals surface area contributed by atoms with Crippen molar-refractivity contribution in [1.82, 2.24) is 0 Å². The van der Waals surface area contributed by atoms with Gasteiger partial charge in [-0.05, 0) is 24.3 Å². The second-order valence-electron chi connectivity index (χ2n) is 1.83. The Morgan fingerprint density at radius 2 is 1.90 bits per heavy atom. The van der Waals surface area contributed by atoms with Gasteiger partial charge in [0, 0.05) is 5.30 Å². The number of rotatable bonds is 2. The van der Waals surface area contributed by atoms with Crippen LogP contribution in [0.4, 0.5) is 0 Å². The maximum Gasteiger partial charge on any atom is 0.118 e. The first-order valence-corrected chi connectivity index (χ1v) is 3.80. The predicted octanol–water partition coefficient (Wildman–Crippen LogP) is 1.34. The molecule has 10 heavy (non-hydrogen) atoms. The van der Waals surface area contributed by atoms with E-state index in [1.165, 1.54) is 0 Å². The van der Waals surface area contributed by atoms with Gasteiger partial charge in [-0.2, -0.15) is 0 Å². The van der Waals surface area contributed by atoms with E-state index in [1.807, 2.05) is 0 Å². The van der Waals surface area contributed by atoms with Crippen LogP contribution in [0.2, 0.25) is 0 Å². The molecular weight excluding hydrogens is 147 g/mol. The molecule has 0 aliphatic heterocycles. The number of ether oxygens (including phenoxy) is 1. The van der Waals surface area contributed by atoms with Crippen LogP contribution in [-0.4, -0.2) is 7.11 Å². The van der Waals surface area contributed by atoms with Crippen LogP contribution in [-0.2, 0) is 4.57 Å². The van der Waals surface area contributed by atoms with Crippen molar-refractivity contribution in [3.8, 4) is 5.75 Å². The summed E-state index contributed by atoms with van der Waals surface area (Å²) >= 11 is 0. The van der Waals surface area contributed by atoms with Gasteiger partial charge in [0.15, 0.2) is 0 Å². The van der Waals surface area contributed by atoms with E-state index in [9.17, 15) is 4.57 Å². The van der Waals surface area contributed by atoms with Crippen LogP contribution >= 0.6 is 8.46 Å². The van der Waals surface area contributed by atoms with Gasteiger partial charge in [0.1, 0.15) is 5.75 Å². The minimum atomic E-state index is -0.378. The SMILES string of the molecule is COc1ccc([PH]=O)cc1. The molecule has 3 heteroatoms. The molecule has 2 nitrogen and oxygen atoms in total. The van der Waals surface area contributed by atoms with E-state index in [0.717, 1.165) is 11.1 Å². The van der Waals surface area contributed by atoms with Crippen LogP contribution in [0.25, 0.3) is 0 Å². The minimum absolute atomic E-state index is 0.378. The quantitative estimate of drug-likeness (QED) is 0.602. The van der Waals surface area contributed by atoms with Gasteiger partial charge in [0.2, 0.25) is 0 Å². The van der Waals surface area contributed by atoms with Gasteiger partial charge in [0.05, 0.1) is 15.6 Å². The zero-order valence-corrected chi connectivity index (χ0v) is 6.63. The van der Waals surface area contributed by atoms with Gasteiger partial charge in [-0.25, -0.2) is 0 Å². The van der Waals surface area contributed by atoms with Crippen molar-refractivity contribution in [1.29, 1.82) is 0 Å². The summed E-state index contributed by atoms with van der Waals surface area (Å²) < 4.78 is 15.2. The molecule has 0 saturated heterocycles. The summed E-state index contributed by atoms with van der Waals surface area (Å²) in [7, 11) is 1.23. The molecule has 0 heterocycles. The van der Waals surface area contributed by atoms with Crippen LogP contribution in [0.3, 0.4) is 0 Å². The Morgan fingerprint density at radius 3 is 2.30 bits per heavy atom. The molecule has 1 rings (SSSR count). The maximum absolute atomic E-state index is 10.3. The fourth-order valence-corrected chi connectivity index (χ4v) is 0.962. The average Bonchev–Trinajstić information content (AvgIpc) is 2.05. The average molecular weight is 155 g/mol. The Kier molecular flexibility index (Phi) is 2.41. The lowest BCUT2D eigenvalue weighted by Crippen LogP contribution is -1.89. The lowest BCUT2D eigenvalue weighted by Gasteiger charge is -1.96. The molecule has 1 radical (unpaired) electrons. The molecular formula is C7H8O2P. The first-order valence-electron chi connectivity index (χ1n) is 2.89. The highest BCUT2D eigenvalue weighted by Gasteiger charge is 1.89. The Bertz CT molecular complexity index is 218. The number of benzene rings is 1. The zero-order valence-electron chi connectivity index (χ0n) is 5.63. The summed E-state index contributed by atoms with van der Waals surface area (Å²) in [6, 6.07) is 7.15. The van der Waals surface area contributed by atoms with Crippen LogP contribution in [0.1, 0.15) is 0 Å². The molecule has 0 amide bonds. The third kappa shape index (κ3) is 1.55. The Balaban J connectivity index is 2.90. The largest absolute Gasteiger partial charge is 0.497 e. The van der Waals surface area contributed by atoms with E-state index in [1.54, 1.807) is 31.4 Å². The summed E-state index contributed by atoms with van der Waals surface area (Å²) in [5.74, 6) is 0.794. The van der Waals surface area contributed by atoms with Crippen LogP contribution in [0.15, 0.2) is 24.3 Å². The van der Waals surface area contributed by atoms with Gasteiger partial charge < -0.3 is 4.74 Å². The molecule has 0 aliphatic rings. The molecule has 0 aromatic heterocycles. The fourth-order valence-electron chi connectivity index (χ4n) is 0.659. The molecule has 0 spiro atoms. The molecule has 0 bridgehead atoms. The molecule has 53 valence electrons. The van der Waals surface area contributed by atoms with Crippen LogP contribution in [0, 0.1) is 0 Å². The highest BCUT2D eigenvalue weighted by Crippen LogP contribution is 2.07. The van der Waals surface area contributed by atoms with E-state index in [-0.39, 0.29) is 8.46 Å². The van der Waals surface area contributed by atoms with Crippen molar-refractivity contribution in [3.05, 3.63) is 24.3 Å². The van der Waals surface area contributed by atoms with Gasteiger partial charge in [-0.3, -0.25) is 4.57 Å². The molecule has 1 atom stereocenters. The van der Waals surface area contributed by atoms with Crippen LogP contribution < -0.4 is 10.0 Å². The van der Waals surface area contributed by atoms with Crippen molar-refractivity contribution in [3.63, 3.8) is 0 Å². The molecule has 0 aliphatic carbocycles. The van der Waals surface area contributed by atoms with Crippen LogP contribution in [0.5, 0.6) is 5.75 Å². The Hall–Kier alpha value is -0.880. The summed E-state index contributed by atoms with van der Waals surface area (Å²) in [4.78, 5) is 0. The smallest absolute Gasteiger partial charge is 0.118 e. The maximum atomic E-state index is 10.3. The van der Waals surface area contributed by atoms with E-state index in [2.05, 4.69) is 0 Å².